The van der Waals surface area contributed by atoms with Gasteiger partial charge in [-0.15, -0.1) is 0 Å². The number of ether oxygens (including phenoxy) is 2. The summed E-state index contributed by atoms with van der Waals surface area (Å²) in [6.45, 7) is 30.5. The van der Waals surface area contributed by atoms with Crippen LogP contribution >= 0.6 is 11.8 Å². The smallest absolute Gasteiger partial charge is 0.305 e. The van der Waals surface area contributed by atoms with Gasteiger partial charge in [0.05, 0.1) is 6.04 Å². The zero-order valence-corrected chi connectivity index (χ0v) is 27.6. The van der Waals surface area contributed by atoms with Gasteiger partial charge in [-0.2, -0.15) is 11.8 Å². The van der Waals surface area contributed by atoms with Gasteiger partial charge >= 0.3 is 11.9 Å². The van der Waals surface area contributed by atoms with Gasteiger partial charge in [0, 0.05) is 30.8 Å². The normalized spacial score (nSPS) is 9.56. The molecule has 0 rings (SSSR count). The van der Waals surface area contributed by atoms with Crippen molar-refractivity contribution in [2.24, 2.45) is 0 Å². The second kappa shape index (κ2) is 50.3. The van der Waals surface area contributed by atoms with Crippen LogP contribution in [0.15, 0.2) is 0 Å². The second-order valence-corrected chi connectivity index (χ2v) is 6.20. The molecule has 0 spiro atoms. The largest absolute Gasteiger partial charge is 0.462 e. The van der Waals surface area contributed by atoms with Gasteiger partial charge in [0.2, 0.25) is 5.91 Å². The Morgan fingerprint density at radius 3 is 1.42 bits per heavy atom. The van der Waals surface area contributed by atoms with E-state index in [4.69, 9.17) is 9.47 Å². The lowest BCUT2D eigenvalue weighted by atomic mass is 10.2. The van der Waals surface area contributed by atoms with E-state index < -0.39 is 12.1 Å². The van der Waals surface area contributed by atoms with Crippen LogP contribution in [0.4, 0.5) is 0 Å². The SMILES string of the molecule is CC.CC.CC.CC.CC.CC.CCC(=O)N[C@@H](CSC[C@H](COC(=O)CC)OC(=O)CC)C(C)=O. The molecule has 0 fully saturated rings. The number of esters is 2. The van der Waals surface area contributed by atoms with Crippen LogP contribution in [0.2, 0.25) is 0 Å². The lowest BCUT2D eigenvalue weighted by Gasteiger charge is -2.19. The first-order valence-corrected chi connectivity index (χ1v) is 15.2. The highest BCUT2D eigenvalue weighted by Crippen LogP contribution is 2.11. The van der Waals surface area contributed by atoms with Crippen molar-refractivity contribution in [1.82, 2.24) is 5.32 Å². The average molecular weight is 542 g/mol. The molecule has 0 saturated heterocycles. The van der Waals surface area contributed by atoms with Crippen LogP contribution in [0.1, 0.15) is 130 Å². The number of hydrogen-bond donors (Lipinski definition) is 1. The summed E-state index contributed by atoms with van der Waals surface area (Å²) in [6, 6.07) is -0.580. The van der Waals surface area contributed by atoms with E-state index in [2.05, 4.69) is 5.32 Å². The Hall–Kier alpha value is -1.57. The molecular formula is C28H63NO6S. The van der Waals surface area contributed by atoms with Gasteiger partial charge in [0.15, 0.2) is 5.78 Å². The molecule has 8 heteroatoms. The number of nitrogens with one attached hydrogen (secondary N) is 1. The van der Waals surface area contributed by atoms with E-state index in [1.165, 1.54) is 18.7 Å². The lowest BCUT2D eigenvalue weighted by molar-refractivity contribution is -0.157. The molecule has 0 saturated carbocycles. The number of Topliss-reactive ketones (excluding diaryl/α,β-unsaturated/α-hetero) is 1. The summed E-state index contributed by atoms with van der Waals surface area (Å²) in [6.07, 6.45) is 0.202. The van der Waals surface area contributed by atoms with E-state index in [9.17, 15) is 19.2 Å². The van der Waals surface area contributed by atoms with Crippen LogP contribution in [0.3, 0.4) is 0 Å². The van der Waals surface area contributed by atoms with E-state index in [0.29, 0.717) is 17.9 Å². The minimum Gasteiger partial charge on any atom is -0.462 e. The Balaban J connectivity index is -0.000000121. The summed E-state index contributed by atoms with van der Waals surface area (Å²) < 4.78 is 10.2. The van der Waals surface area contributed by atoms with Crippen molar-refractivity contribution in [2.75, 3.05) is 18.1 Å². The fourth-order valence-electron chi connectivity index (χ4n) is 1.55. The summed E-state index contributed by atoms with van der Waals surface area (Å²) >= 11 is 1.36. The number of ketones is 1. The maximum absolute atomic E-state index is 11.6. The van der Waals surface area contributed by atoms with Crippen LogP contribution in [0, 0.1) is 0 Å². The van der Waals surface area contributed by atoms with Crippen molar-refractivity contribution in [1.29, 1.82) is 0 Å². The summed E-state index contributed by atoms with van der Waals surface area (Å²) in [7, 11) is 0. The zero-order chi connectivity index (χ0) is 30.5. The third-order valence-corrected chi connectivity index (χ3v) is 4.22. The fraction of sp³-hybridized carbons (Fsp3) is 0.857. The topological polar surface area (TPSA) is 98.8 Å². The minimum atomic E-state index is -0.580. The van der Waals surface area contributed by atoms with Gasteiger partial charge in [-0.1, -0.05) is 104 Å². The second-order valence-electron chi connectivity index (χ2n) is 5.12. The monoisotopic (exact) mass is 541 g/mol. The lowest BCUT2D eigenvalue weighted by Crippen LogP contribution is -2.41. The minimum absolute atomic E-state index is 0.0164. The highest BCUT2D eigenvalue weighted by atomic mass is 32.2. The van der Waals surface area contributed by atoms with Crippen LogP contribution in [-0.2, 0) is 28.7 Å². The summed E-state index contributed by atoms with van der Waals surface area (Å²) in [4.78, 5) is 45.7. The number of rotatable bonds is 12. The highest BCUT2D eigenvalue weighted by molar-refractivity contribution is 7.99. The maximum Gasteiger partial charge on any atom is 0.305 e. The van der Waals surface area contributed by atoms with Crippen molar-refractivity contribution in [3.05, 3.63) is 0 Å². The summed E-state index contributed by atoms with van der Waals surface area (Å²) in [5.41, 5.74) is 0. The number of thioether (sulfide) groups is 1. The number of carbonyl (C=O) groups is 4. The van der Waals surface area contributed by atoms with Crippen molar-refractivity contribution in [3.63, 3.8) is 0 Å². The van der Waals surface area contributed by atoms with Crippen LogP contribution < -0.4 is 5.32 Å². The van der Waals surface area contributed by atoms with E-state index in [0.717, 1.165) is 0 Å². The van der Waals surface area contributed by atoms with Crippen LogP contribution in [-0.4, -0.2) is 53.9 Å². The molecule has 7 nitrogen and oxygen atoms in total. The molecule has 36 heavy (non-hydrogen) atoms. The molecule has 0 aliphatic heterocycles. The Labute approximate surface area is 229 Å². The molecule has 0 unspecified atom stereocenters. The molecule has 0 aromatic rings. The van der Waals surface area contributed by atoms with E-state index in [1.54, 1.807) is 20.8 Å². The Morgan fingerprint density at radius 2 is 1.08 bits per heavy atom. The molecule has 1 amide bonds. The number of amides is 1. The fourth-order valence-corrected chi connectivity index (χ4v) is 2.66. The molecule has 2 atom stereocenters. The molecule has 0 aromatic carbocycles. The number of carbonyl (C=O) groups excluding carboxylic acids is 4. The molecule has 0 radical (unpaired) electrons. The third-order valence-electron chi connectivity index (χ3n) is 3.04. The first kappa shape index (κ1) is 51.1. The number of hydrogen-bond acceptors (Lipinski definition) is 7. The zero-order valence-electron chi connectivity index (χ0n) is 26.8. The van der Waals surface area contributed by atoms with Crippen LogP contribution in [0.25, 0.3) is 0 Å². The van der Waals surface area contributed by atoms with Crippen molar-refractivity contribution in [2.45, 2.75) is 142 Å². The average Bonchev–Trinajstić information content (AvgIpc) is 2.96. The van der Waals surface area contributed by atoms with Gasteiger partial charge < -0.3 is 14.8 Å². The van der Waals surface area contributed by atoms with Gasteiger partial charge in [-0.25, -0.2) is 0 Å². The Bertz CT molecular complexity index is 446. The Morgan fingerprint density at radius 1 is 0.667 bits per heavy atom. The van der Waals surface area contributed by atoms with Crippen molar-refractivity contribution < 1.29 is 28.7 Å². The Kier molecular flexibility index (Phi) is 71.5. The van der Waals surface area contributed by atoms with E-state index in [1.807, 2.05) is 83.1 Å². The highest BCUT2D eigenvalue weighted by Gasteiger charge is 2.20. The predicted molar refractivity (Wildman–Crippen MR) is 160 cm³/mol. The van der Waals surface area contributed by atoms with Crippen molar-refractivity contribution >= 4 is 35.4 Å². The molecule has 0 aromatic heterocycles. The van der Waals surface area contributed by atoms with Gasteiger partial charge in [-0.3, -0.25) is 19.2 Å². The van der Waals surface area contributed by atoms with Crippen molar-refractivity contribution in [3.8, 4) is 0 Å². The molecular weight excluding hydrogens is 478 g/mol. The molecule has 0 heterocycles. The molecule has 0 aliphatic rings. The summed E-state index contributed by atoms with van der Waals surface area (Å²) in [5.74, 6) is -0.340. The van der Waals surface area contributed by atoms with Gasteiger partial charge in [-0.05, 0) is 6.92 Å². The van der Waals surface area contributed by atoms with Gasteiger partial charge in [0.25, 0.3) is 0 Å². The standard InChI is InChI=1S/C16H27NO6S.6C2H6/c1-5-14(19)17-13(11(4)18)10-24-9-12(23-16(21)7-3)8-22-15(20)6-2;6*1-2/h12-13H,5-10H2,1-4H3,(H,17,19);6*1-2H3/t12-,13-;;;;;;/m0....../s1. The van der Waals surface area contributed by atoms with E-state index in [-0.39, 0.29) is 43.1 Å². The molecule has 1 N–H and O–H groups in total. The maximum atomic E-state index is 11.6. The molecule has 0 bridgehead atoms. The van der Waals surface area contributed by atoms with Gasteiger partial charge in [0.1, 0.15) is 12.7 Å². The molecule has 0 aliphatic carbocycles. The molecule has 222 valence electrons. The first-order chi connectivity index (χ1) is 17.3. The predicted octanol–water partition coefficient (Wildman–Crippen LogP) is 7.64. The first-order valence-electron chi connectivity index (χ1n) is 14.1. The quantitative estimate of drug-likeness (QED) is 0.253. The van der Waals surface area contributed by atoms with E-state index >= 15 is 0 Å². The van der Waals surface area contributed by atoms with Crippen LogP contribution in [0.5, 0.6) is 0 Å². The summed E-state index contributed by atoms with van der Waals surface area (Å²) in [5, 5.41) is 2.65. The third kappa shape index (κ3) is 42.6.